The maximum Gasteiger partial charge on any atom is 0.331 e. The molecule has 0 spiro atoms. The number of aliphatic hydroxyl groups excluding tert-OH is 1. The quantitative estimate of drug-likeness (QED) is 0.472. The van der Waals surface area contributed by atoms with Crippen molar-refractivity contribution >= 4 is 11.9 Å². The van der Waals surface area contributed by atoms with Crippen molar-refractivity contribution in [3.63, 3.8) is 0 Å². The van der Waals surface area contributed by atoms with Crippen LogP contribution >= 0.6 is 0 Å². The van der Waals surface area contributed by atoms with E-state index >= 15 is 4.39 Å². The van der Waals surface area contributed by atoms with E-state index in [1.165, 1.54) is 20.1 Å². The van der Waals surface area contributed by atoms with Gasteiger partial charge in [0, 0.05) is 19.5 Å². The molecule has 0 bridgehead atoms. The highest BCUT2D eigenvalue weighted by Crippen LogP contribution is 2.36. The molecule has 2 aromatic rings. The number of halogens is 2. The molecule has 4 rings (SSSR count). The summed E-state index contributed by atoms with van der Waals surface area (Å²) in [5.74, 6) is -1.60. The zero-order chi connectivity index (χ0) is 29.9. The van der Waals surface area contributed by atoms with E-state index in [-0.39, 0.29) is 35.6 Å². The van der Waals surface area contributed by atoms with Crippen LogP contribution in [0.4, 0.5) is 8.78 Å². The van der Waals surface area contributed by atoms with Crippen LogP contribution < -0.4 is 4.74 Å². The number of alkyl halides is 1. The van der Waals surface area contributed by atoms with Crippen molar-refractivity contribution in [1.82, 2.24) is 9.80 Å². The number of amides is 1. The summed E-state index contributed by atoms with van der Waals surface area (Å²) in [7, 11) is 1.19. The third-order valence-corrected chi connectivity index (χ3v) is 7.91. The third kappa shape index (κ3) is 6.68. The van der Waals surface area contributed by atoms with E-state index in [0.717, 1.165) is 36.9 Å². The molecule has 1 N–H and O–H groups in total. The number of aliphatic hydroxyl groups is 1. The standard InChI is InChI=1S/C31H37F2N3O5/c1-30(2,33)19-35-12-10-20(11-13-35)18-41-26-9-8-21(14-22(26)16-34)24-6-5-7-25(32)27(24)28(38)36-17-23(37)15-31(36,3)29(39)40-4/h5-9,14,20,23,37H,10-13,15,17-19H2,1-4H3/t23-,31-/m1/s1. The van der Waals surface area contributed by atoms with E-state index in [9.17, 15) is 24.3 Å². The van der Waals surface area contributed by atoms with Crippen LogP contribution in [-0.2, 0) is 9.53 Å². The first-order chi connectivity index (χ1) is 19.4. The molecule has 0 unspecified atom stereocenters. The number of esters is 1. The first-order valence-electron chi connectivity index (χ1n) is 13.8. The highest BCUT2D eigenvalue weighted by Gasteiger charge is 2.51. The van der Waals surface area contributed by atoms with Gasteiger partial charge >= 0.3 is 5.97 Å². The van der Waals surface area contributed by atoms with E-state index < -0.39 is 35.0 Å². The van der Waals surface area contributed by atoms with E-state index in [2.05, 4.69) is 11.0 Å². The van der Waals surface area contributed by atoms with E-state index in [4.69, 9.17) is 9.47 Å². The molecule has 0 aromatic heterocycles. The monoisotopic (exact) mass is 569 g/mol. The Morgan fingerprint density at radius 3 is 2.56 bits per heavy atom. The molecular formula is C31H37F2N3O5. The number of hydrogen-bond donors (Lipinski definition) is 1. The second-order valence-electron chi connectivity index (χ2n) is 11.8. The van der Waals surface area contributed by atoms with Gasteiger partial charge in [0.15, 0.2) is 0 Å². The van der Waals surface area contributed by atoms with Crippen LogP contribution in [0.1, 0.15) is 56.0 Å². The average molecular weight is 570 g/mol. The molecule has 10 heteroatoms. The summed E-state index contributed by atoms with van der Waals surface area (Å²) in [6, 6.07) is 11.2. The molecule has 8 nitrogen and oxygen atoms in total. The number of ether oxygens (including phenoxy) is 2. The van der Waals surface area contributed by atoms with E-state index in [1.807, 2.05) is 0 Å². The van der Waals surface area contributed by atoms with Crippen LogP contribution in [0.2, 0.25) is 0 Å². The van der Waals surface area contributed by atoms with Crippen molar-refractivity contribution in [2.24, 2.45) is 5.92 Å². The van der Waals surface area contributed by atoms with Gasteiger partial charge in [0.25, 0.3) is 5.91 Å². The predicted molar refractivity (Wildman–Crippen MR) is 148 cm³/mol. The van der Waals surface area contributed by atoms with Gasteiger partial charge in [-0.05, 0) is 81.9 Å². The summed E-state index contributed by atoms with van der Waals surface area (Å²) in [4.78, 5) is 29.5. The van der Waals surface area contributed by atoms with Gasteiger partial charge in [-0.1, -0.05) is 18.2 Å². The SMILES string of the molecule is COC(=O)[C@@]1(C)C[C@@H](O)CN1C(=O)c1c(F)cccc1-c1ccc(OCC2CCN(CC(C)(C)F)CC2)c(C#N)c1. The summed E-state index contributed by atoms with van der Waals surface area (Å²) in [5.41, 5.74) is -2.06. The lowest BCUT2D eigenvalue weighted by atomic mass is 9.94. The normalized spacial score (nSPS) is 21.9. The molecule has 1 amide bonds. The Labute approximate surface area is 239 Å². The fraction of sp³-hybridized carbons (Fsp3) is 0.516. The zero-order valence-corrected chi connectivity index (χ0v) is 24.0. The fourth-order valence-electron chi connectivity index (χ4n) is 5.84. The van der Waals surface area contributed by atoms with Gasteiger partial charge < -0.3 is 24.4 Å². The van der Waals surface area contributed by atoms with Gasteiger partial charge in [0.05, 0.1) is 30.9 Å². The Morgan fingerprint density at radius 2 is 1.93 bits per heavy atom. The molecular weight excluding hydrogens is 532 g/mol. The number of nitrogens with zero attached hydrogens (tertiary/aromatic N) is 3. The van der Waals surface area contributed by atoms with Gasteiger partial charge in [-0.25, -0.2) is 13.6 Å². The molecule has 2 aliphatic heterocycles. The second kappa shape index (κ2) is 12.1. The van der Waals surface area contributed by atoms with Gasteiger partial charge in [-0.2, -0.15) is 5.26 Å². The topological polar surface area (TPSA) is 103 Å². The predicted octanol–water partition coefficient (Wildman–Crippen LogP) is 4.34. The lowest BCUT2D eigenvalue weighted by molar-refractivity contribution is -0.151. The van der Waals surface area contributed by atoms with E-state index in [1.54, 1.807) is 38.1 Å². The molecule has 0 saturated carbocycles. The van der Waals surface area contributed by atoms with Crippen molar-refractivity contribution in [2.75, 3.05) is 39.9 Å². The lowest BCUT2D eigenvalue weighted by Crippen LogP contribution is -2.51. The van der Waals surface area contributed by atoms with Crippen molar-refractivity contribution in [2.45, 2.75) is 57.3 Å². The highest BCUT2D eigenvalue weighted by atomic mass is 19.1. The Hall–Kier alpha value is -3.55. The number of β-amino-alcohol motifs (C(OH)–C–C–N with tert-alkyl or cyclic N) is 1. The van der Waals surface area contributed by atoms with E-state index in [0.29, 0.717) is 24.5 Å². The number of carbonyl (C=O) groups excluding carboxylic acids is 2. The smallest absolute Gasteiger partial charge is 0.331 e. The Balaban J connectivity index is 1.54. The average Bonchev–Trinajstić information content (AvgIpc) is 3.25. The summed E-state index contributed by atoms with van der Waals surface area (Å²) in [6.07, 6.45) is 0.718. The minimum absolute atomic E-state index is 0.0350. The molecule has 2 heterocycles. The number of nitriles is 1. The summed E-state index contributed by atoms with van der Waals surface area (Å²) >= 11 is 0. The van der Waals surface area contributed by atoms with Crippen LogP contribution in [0.3, 0.4) is 0 Å². The molecule has 41 heavy (non-hydrogen) atoms. The molecule has 2 aliphatic rings. The summed E-state index contributed by atoms with van der Waals surface area (Å²) < 4.78 is 40.1. The van der Waals surface area contributed by atoms with Crippen LogP contribution in [0.25, 0.3) is 11.1 Å². The van der Waals surface area contributed by atoms with Gasteiger partial charge in [0.2, 0.25) is 0 Å². The number of carbonyl (C=O) groups is 2. The molecule has 2 fully saturated rings. The third-order valence-electron chi connectivity index (χ3n) is 7.91. The van der Waals surface area contributed by atoms with Crippen LogP contribution in [0.5, 0.6) is 5.75 Å². The Bertz CT molecular complexity index is 1330. The van der Waals surface area contributed by atoms with Gasteiger partial charge in [-0.3, -0.25) is 4.79 Å². The second-order valence-corrected chi connectivity index (χ2v) is 11.8. The Kier molecular flexibility index (Phi) is 9.00. The summed E-state index contributed by atoms with van der Waals surface area (Å²) in [5, 5.41) is 20.1. The zero-order valence-electron chi connectivity index (χ0n) is 24.0. The molecule has 220 valence electrons. The Morgan fingerprint density at radius 1 is 1.22 bits per heavy atom. The number of benzene rings is 2. The number of rotatable bonds is 8. The largest absolute Gasteiger partial charge is 0.492 e. The van der Waals surface area contributed by atoms with Crippen LogP contribution in [0.15, 0.2) is 36.4 Å². The summed E-state index contributed by atoms with van der Waals surface area (Å²) in [6.45, 7) is 6.86. The molecule has 2 saturated heterocycles. The number of piperidine rings is 1. The maximum atomic E-state index is 15.2. The molecule has 2 aromatic carbocycles. The molecule has 0 radical (unpaired) electrons. The molecule has 0 aliphatic carbocycles. The van der Waals surface area contributed by atoms with Gasteiger partial charge in [-0.15, -0.1) is 0 Å². The van der Waals surface area contributed by atoms with Crippen molar-refractivity contribution < 1.29 is 33.0 Å². The highest BCUT2D eigenvalue weighted by molar-refractivity contribution is 6.04. The van der Waals surface area contributed by atoms with Crippen molar-refractivity contribution in [3.8, 4) is 22.9 Å². The van der Waals surface area contributed by atoms with Crippen molar-refractivity contribution in [1.29, 1.82) is 5.26 Å². The number of likely N-dealkylation sites (tertiary alicyclic amines) is 2. The maximum absolute atomic E-state index is 15.2. The number of hydrogen-bond acceptors (Lipinski definition) is 7. The van der Waals surface area contributed by atoms with Gasteiger partial charge in [0.1, 0.15) is 28.8 Å². The minimum Gasteiger partial charge on any atom is -0.492 e. The fourth-order valence-corrected chi connectivity index (χ4v) is 5.84. The van der Waals surface area contributed by atoms with Crippen molar-refractivity contribution in [3.05, 3.63) is 53.3 Å². The first kappa shape index (κ1) is 30.4. The minimum atomic E-state index is -1.46. The number of methoxy groups -OCH3 is 1. The first-order valence-corrected chi connectivity index (χ1v) is 13.8. The van der Waals surface area contributed by atoms with Crippen LogP contribution in [0, 0.1) is 23.1 Å². The van der Waals surface area contributed by atoms with Crippen LogP contribution in [-0.4, -0.2) is 84.0 Å². The molecule has 2 atom stereocenters. The lowest BCUT2D eigenvalue weighted by Gasteiger charge is -2.34.